The fourth-order valence-electron chi connectivity index (χ4n) is 2.33. The highest BCUT2D eigenvalue weighted by Crippen LogP contribution is 2.27. The molecule has 0 heterocycles. The number of benzene rings is 2. The van der Waals surface area contributed by atoms with Crippen molar-refractivity contribution < 1.29 is 4.39 Å². The molecule has 0 saturated carbocycles. The molecule has 2 aromatic carbocycles. The van der Waals surface area contributed by atoms with Gasteiger partial charge in [0, 0.05) is 21.4 Å². The Kier molecular flexibility index (Phi) is 6.40. The predicted molar refractivity (Wildman–Crippen MR) is 93.2 cm³/mol. The lowest BCUT2D eigenvalue weighted by Gasteiger charge is -2.19. The summed E-state index contributed by atoms with van der Waals surface area (Å²) in [7, 11) is 0. The molecule has 2 aromatic rings. The van der Waals surface area contributed by atoms with E-state index in [1.165, 1.54) is 11.6 Å². The molecule has 1 atom stereocenters. The molecule has 0 spiro atoms. The molecular formula is C17H18Br2FN. The van der Waals surface area contributed by atoms with Gasteiger partial charge in [0.25, 0.3) is 0 Å². The van der Waals surface area contributed by atoms with Gasteiger partial charge in [0.15, 0.2) is 0 Å². The Morgan fingerprint density at radius 2 is 1.81 bits per heavy atom. The Morgan fingerprint density at radius 3 is 2.48 bits per heavy atom. The van der Waals surface area contributed by atoms with Crippen molar-refractivity contribution in [3.05, 3.63) is 68.4 Å². The van der Waals surface area contributed by atoms with Crippen LogP contribution in [0.2, 0.25) is 0 Å². The summed E-state index contributed by atoms with van der Waals surface area (Å²) in [5, 5.41) is 3.40. The van der Waals surface area contributed by atoms with Gasteiger partial charge in [-0.2, -0.15) is 0 Å². The zero-order chi connectivity index (χ0) is 15.2. The van der Waals surface area contributed by atoms with Gasteiger partial charge >= 0.3 is 0 Å². The second-order valence-corrected chi connectivity index (χ2v) is 6.77. The van der Waals surface area contributed by atoms with Crippen LogP contribution in [0.3, 0.4) is 0 Å². The molecule has 2 rings (SSSR count). The Hall–Kier alpha value is -0.710. The molecule has 21 heavy (non-hydrogen) atoms. The number of hydrogen-bond donors (Lipinski definition) is 1. The van der Waals surface area contributed by atoms with Gasteiger partial charge in [0.2, 0.25) is 0 Å². The Morgan fingerprint density at radius 1 is 1.10 bits per heavy atom. The average molecular weight is 415 g/mol. The molecule has 0 saturated heterocycles. The number of rotatable bonds is 6. The molecule has 4 heteroatoms. The van der Waals surface area contributed by atoms with Crippen molar-refractivity contribution in [2.24, 2.45) is 0 Å². The quantitative estimate of drug-likeness (QED) is 0.677. The van der Waals surface area contributed by atoms with Gasteiger partial charge in [-0.05, 0) is 54.4 Å². The zero-order valence-corrected chi connectivity index (χ0v) is 15.0. The van der Waals surface area contributed by atoms with Crippen molar-refractivity contribution in [3.63, 3.8) is 0 Å². The SMILES string of the molecule is CCNCC(Cc1cc(F)ccc1Br)c1ccc(Br)cc1. The van der Waals surface area contributed by atoms with Crippen molar-refractivity contribution in [2.75, 3.05) is 13.1 Å². The van der Waals surface area contributed by atoms with Gasteiger partial charge in [0.05, 0.1) is 0 Å². The van der Waals surface area contributed by atoms with Crippen LogP contribution < -0.4 is 5.32 Å². The fourth-order valence-corrected chi connectivity index (χ4v) is 3.00. The number of nitrogens with one attached hydrogen (secondary N) is 1. The van der Waals surface area contributed by atoms with E-state index < -0.39 is 0 Å². The molecule has 1 unspecified atom stereocenters. The van der Waals surface area contributed by atoms with Crippen LogP contribution in [0.5, 0.6) is 0 Å². The first-order valence-electron chi connectivity index (χ1n) is 7.00. The van der Waals surface area contributed by atoms with Crippen molar-refractivity contribution >= 4 is 31.9 Å². The Bertz CT molecular complexity index is 584. The first-order chi connectivity index (χ1) is 10.1. The molecule has 0 aliphatic heterocycles. The van der Waals surface area contributed by atoms with Gasteiger partial charge in [-0.15, -0.1) is 0 Å². The number of likely N-dealkylation sites (N-methyl/N-ethyl adjacent to an activating group) is 1. The highest BCUT2D eigenvalue weighted by atomic mass is 79.9. The zero-order valence-electron chi connectivity index (χ0n) is 11.9. The third-order valence-electron chi connectivity index (χ3n) is 3.46. The van der Waals surface area contributed by atoms with Crippen LogP contribution in [-0.4, -0.2) is 13.1 Å². The maximum absolute atomic E-state index is 13.5. The Labute approximate surface area is 142 Å². The average Bonchev–Trinajstić information content (AvgIpc) is 2.48. The maximum atomic E-state index is 13.5. The number of hydrogen-bond acceptors (Lipinski definition) is 1. The van der Waals surface area contributed by atoms with E-state index in [1.807, 2.05) is 0 Å². The van der Waals surface area contributed by atoms with Gasteiger partial charge in [-0.25, -0.2) is 4.39 Å². The maximum Gasteiger partial charge on any atom is 0.123 e. The van der Waals surface area contributed by atoms with Gasteiger partial charge < -0.3 is 5.32 Å². The van der Waals surface area contributed by atoms with E-state index >= 15 is 0 Å². The topological polar surface area (TPSA) is 12.0 Å². The summed E-state index contributed by atoms with van der Waals surface area (Å²) in [6.45, 7) is 3.90. The van der Waals surface area contributed by atoms with Crippen molar-refractivity contribution in [1.82, 2.24) is 5.32 Å². The first kappa shape index (κ1) is 16.7. The minimum absolute atomic E-state index is 0.189. The van der Waals surface area contributed by atoms with E-state index in [0.29, 0.717) is 5.92 Å². The molecule has 1 N–H and O–H groups in total. The van der Waals surface area contributed by atoms with Crippen molar-refractivity contribution in [2.45, 2.75) is 19.3 Å². The molecule has 0 aromatic heterocycles. The monoisotopic (exact) mass is 413 g/mol. The lowest BCUT2D eigenvalue weighted by Crippen LogP contribution is -2.22. The normalized spacial score (nSPS) is 12.4. The van der Waals surface area contributed by atoms with E-state index in [2.05, 4.69) is 68.4 Å². The molecular weight excluding hydrogens is 397 g/mol. The van der Waals surface area contributed by atoms with Crippen LogP contribution in [0, 0.1) is 5.82 Å². The predicted octanol–water partition coefficient (Wildman–Crippen LogP) is 5.29. The van der Waals surface area contributed by atoms with Gasteiger partial charge in [0.1, 0.15) is 5.82 Å². The van der Waals surface area contributed by atoms with Crippen LogP contribution in [0.15, 0.2) is 51.4 Å². The Balaban J connectivity index is 2.23. The van der Waals surface area contributed by atoms with Crippen LogP contribution in [0.4, 0.5) is 4.39 Å². The molecule has 0 bridgehead atoms. The van der Waals surface area contributed by atoms with E-state index in [1.54, 1.807) is 12.1 Å². The largest absolute Gasteiger partial charge is 0.316 e. The summed E-state index contributed by atoms with van der Waals surface area (Å²) >= 11 is 6.98. The highest BCUT2D eigenvalue weighted by molar-refractivity contribution is 9.10. The molecule has 0 amide bonds. The van der Waals surface area contributed by atoms with Crippen LogP contribution >= 0.6 is 31.9 Å². The smallest absolute Gasteiger partial charge is 0.123 e. The summed E-state index contributed by atoms with van der Waals surface area (Å²) in [5.41, 5.74) is 2.26. The summed E-state index contributed by atoms with van der Waals surface area (Å²) in [4.78, 5) is 0. The standard InChI is InChI=1S/C17H18Br2FN/c1-2-21-11-14(12-3-5-15(18)6-4-12)9-13-10-16(20)7-8-17(13)19/h3-8,10,14,21H,2,9,11H2,1H3. The minimum atomic E-state index is -0.189. The molecule has 0 aliphatic rings. The molecule has 0 fully saturated rings. The molecule has 112 valence electrons. The van der Waals surface area contributed by atoms with E-state index in [4.69, 9.17) is 0 Å². The molecule has 0 aliphatic carbocycles. The fraction of sp³-hybridized carbons (Fsp3) is 0.294. The third kappa shape index (κ3) is 4.90. The summed E-state index contributed by atoms with van der Waals surface area (Å²) in [5.74, 6) is 0.127. The van der Waals surface area contributed by atoms with E-state index in [-0.39, 0.29) is 5.82 Å². The van der Waals surface area contributed by atoms with Crippen LogP contribution in [0.25, 0.3) is 0 Å². The molecule has 1 nitrogen and oxygen atoms in total. The second-order valence-electron chi connectivity index (χ2n) is 5.00. The third-order valence-corrected chi connectivity index (χ3v) is 4.76. The van der Waals surface area contributed by atoms with Gasteiger partial charge in [-0.3, -0.25) is 0 Å². The lowest BCUT2D eigenvalue weighted by molar-refractivity contribution is 0.587. The van der Waals surface area contributed by atoms with Crippen LogP contribution in [-0.2, 0) is 6.42 Å². The molecule has 0 radical (unpaired) electrons. The van der Waals surface area contributed by atoms with E-state index in [9.17, 15) is 4.39 Å². The summed E-state index contributed by atoms with van der Waals surface area (Å²) in [6, 6.07) is 13.2. The second kappa shape index (κ2) is 8.06. The van der Waals surface area contributed by atoms with E-state index in [0.717, 1.165) is 34.0 Å². The minimum Gasteiger partial charge on any atom is -0.316 e. The summed E-state index contributed by atoms with van der Waals surface area (Å²) in [6.07, 6.45) is 0.799. The van der Waals surface area contributed by atoms with Gasteiger partial charge in [-0.1, -0.05) is 50.9 Å². The number of halogens is 3. The first-order valence-corrected chi connectivity index (χ1v) is 8.59. The highest BCUT2D eigenvalue weighted by Gasteiger charge is 2.14. The lowest BCUT2D eigenvalue weighted by atomic mass is 9.92. The van der Waals surface area contributed by atoms with Crippen molar-refractivity contribution in [3.8, 4) is 0 Å². The summed E-state index contributed by atoms with van der Waals surface area (Å²) < 4.78 is 15.5. The van der Waals surface area contributed by atoms with Crippen LogP contribution in [0.1, 0.15) is 24.0 Å². The van der Waals surface area contributed by atoms with Crippen molar-refractivity contribution in [1.29, 1.82) is 0 Å².